The van der Waals surface area contributed by atoms with E-state index in [0.29, 0.717) is 5.69 Å². The van der Waals surface area contributed by atoms with E-state index in [-0.39, 0.29) is 18.2 Å². The summed E-state index contributed by atoms with van der Waals surface area (Å²) in [6.07, 6.45) is 1.78. The van der Waals surface area contributed by atoms with Crippen molar-refractivity contribution >= 4 is 44.5 Å². The number of nitrogens with zero attached hydrogens (tertiary/aromatic N) is 3. The fourth-order valence-corrected chi connectivity index (χ4v) is 3.19. The zero-order chi connectivity index (χ0) is 16.0. The maximum atomic E-state index is 12.8. The lowest BCUT2D eigenvalue weighted by Gasteiger charge is -2.16. The molecule has 0 bridgehead atoms. The Labute approximate surface area is 140 Å². The van der Waals surface area contributed by atoms with Crippen LogP contribution in [0.3, 0.4) is 0 Å². The van der Waals surface area contributed by atoms with E-state index >= 15 is 0 Å². The van der Waals surface area contributed by atoms with Gasteiger partial charge in [0.05, 0.1) is 29.5 Å². The SMILES string of the molecule is O=C1C[C@H](n2cnc3ccccc32)C(=O)N1c1ccc(Br)cc1. The summed E-state index contributed by atoms with van der Waals surface area (Å²) in [7, 11) is 0. The molecule has 0 N–H and O–H groups in total. The maximum Gasteiger partial charge on any atom is 0.257 e. The van der Waals surface area contributed by atoms with E-state index in [1.807, 2.05) is 36.4 Å². The Bertz CT molecular complexity index is 917. The fraction of sp³-hybridized carbons (Fsp3) is 0.118. The van der Waals surface area contributed by atoms with Crippen LogP contribution in [0, 0.1) is 0 Å². The fourth-order valence-electron chi connectivity index (χ4n) is 2.92. The molecule has 2 amide bonds. The quantitative estimate of drug-likeness (QED) is 0.651. The first-order valence-electron chi connectivity index (χ1n) is 7.19. The smallest absolute Gasteiger partial charge is 0.257 e. The summed E-state index contributed by atoms with van der Waals surface area (Å²) in [6, 6.07) is 14.2. The Balaban J connectivity index is 1.74. The van der Waals surface area contributed by atoms with Crippen LogP contribution in [-0.4, -0.2) is 21.4 Å². The first-order valence-corrected chi connectivity index (χ1v) is 7.98. The molecule has 0 aliphatic carbocycles. The van der Waals surface area contributed by atoms with E-state index in [0.717, 1.165) is 15.5 Å². The Kier molecular flexibility index (Phi) is 3.27. The maximum absolute atomic E-state index is 12.8. The molecular formula is C17H12BrN3O2. The number of anilines is 1. The van der Waals surface area contributed by atoms with Crippen LogP contribution in [0.5, 0.6) is 0 Å². The lowest BCUT2D eigenvalue weighted by Crippen LogP contribution is -2.30. The summed E-state index contributed by atoms with van der Waals surface area (Å²) >= 11 is 3.35. The summed E-state index contributed by atoms with van der Waals surface area (Å²) in [4.78, 5) is 30.7. The van der Waals surface area contributed by atoms with E-state index in [4.69, 9.17) is 0 Å². The number of rotatable bonds is 2. The molecule has 0 unspecified atom stereocenters. The Hall–Kier alpha value is -2.47. The number of amides is 2. The van der Waals surface area contributed by atoms with Gasteiger partial charge in [-0.2, -0.15) is 0 Å². The highest BCUT2D eigenvalue weighted by molar-refractivity contribution is 9.10. The lowest BCUT2D eigenvalue weighted by molar-refractivity contribution is -0.122. The molecule has 1 fully saturated rings. The number of halogens is 1. The van der Waals surface area contributed by atoms with Gasteiger partial charge in [0.2, 0.25) is 5.91 Å². The summed E-state index contributed by atoms with van der Waals surface area (Å²) in [5.74, 6) is -0.416. The molecule has 114 valence electrons. The summed E-state index contributed by atoms with van der Waals surface area (Å²) in [6.45, 7) is 0. The van der Waals surface area contributed by atoms with Crippen LogP contribution in [0.1, 0.15) is 12.5 Å². The number of benzene rings is 2. The van der Waals surface area contributed by atoms with Crippen molar-refractivity contribution in [2.45, 2.75) is 12.5 Å². The number of carbonyl (C=O) groups is 2. The molecule has 4 rings (SSSR count). The van der Waals surface area contributed by atoms with Crippen LogP contribution < -0.4 is 4.90 Å². The second kappa shape index (κ2) is 5.31. The molecule has 1 aromatic heterocycles. The van der Waals surface area contributed by atoms with Gasteiger partial charge in [0, 0.05) is 4.47 Å². The van der Waals surface area contributed by atoms with Crippen molar-refractivity contribution in [3.63, 3.8) is 0 Å². The first-order chi connectivity index (χ1) is 11.1. The predicted molar refractivity (Wildman–Crippen MR) is 90.0 cm³/mol. The van der Waals surface area contributed by atoms with Gasteiger partial charge < -0.3 is 4.57 Å². The van der Waals surface area contributed by atoms with Gasteiger partial charge in [0.25, 0.3) is 5.91 Å². The highest BCUT2D eigenvalue weighted by atomic mass is 79.9. The minimum atomic E-state index is -0.543. The highest BCUT2D eigenvalue weighted by Crippen LogP contribution is 2.32. The first kappa shape index (κ1) is 14.1. The number of imidazole rings is 1. The molecule has 0 radical (unpaired) electrons. The molecule has 23 heavy (non-hydrogen) atoms. The van der Waals surface area contributed by atoms with Crippen LogP contribution in [0.4, 0.5) is 5.69 Å². The Morgan fingerprint density at radius 2 is 1.78 bits per heavy atom. The van der Waals surface area contributed by atoms with Gasteiger partial charge in [0.1, 0.15) is 6.04 Å². The molecule has 5 nitrogen and oxygen atoms in total. The lowest BCUT2D eigenvalue weighted by atomic mass is 10.2. The van der Waals surface area contributed by atoms with E-state index in [1.165, 1.54) is 4.90 Å². The molecule has 2 aromatic carbocycles. The number of para-hydroxylation sites is 2. The van der Waals surface area contributed by atoms with Crippen LogP contribution in [-0.2, 0) is 9.59 Å². The number of hydrogen-bond acceptors (Lipinski definition) is 3. The molecule has 1 aliphatic heterocycles. The number of fused-ring (bicyclic) bond motifs is 1. The van der Waals surface area contributed by atoms with Crippen molar-refractivity contribution in [1.29, 1.82) is 0 Å². The van der Waals surface area contributed by atoms with Crippen molar-refractivity contribution in [3.8, 4) is 0 Å². The second-order valence-electron chi connectivity index (χ2n) is 5.40. The van der Waals surface area contributed by atoms with E-state index in [9.17, 15) is 9.59 Å². The molecule has 0 spiro atoms. The van der Waals surface area contributed by atoms with Gasteiger partial charge in [-0.05, 0) is 36.4 Å². The molecule has 0 saturated carbocycles. The van der Waals surface area contributed by atoms with Gasteiger partial charge in [-0.1, -0.05) is 28.1 Å². The third-order valence-electron chi connectivity index (χ3n) is 4.02. The summed E-state index contributed by atoms with van der Waals surface area (Å²) in [5.41, 5.74) is 2.27. The third-order valence-corrected chi connectivity index (χ3v) is 4.55. The van der Waals surface area contributed by atoms with Crippen molar-refractivity contribution in [3.05, 3.63) is 59.3 Å². The minimum absolute atomic E-state index is 0.148. The number of aromatic nitrogens is 2. The van der Waals surface area contributed by atoms with Crippen molar-refractivity contribution in [2.75, 3.05) is 4.90 Å². The number of carbonyl (C=O) groups excluding carboxylic acids is 2. The van der Waals surface area contributed by atoms with E-state index in [2.05, 4.69) is 20.9 Å². The standard InChI is InChI=1S/C17H12BrN3O2/c18-11-5-7-12(8-6-11)21-16(22)9-15(17(21)23)20-10-19-13-3-1-2-4-14(13)20/h1-8,10,15H,9H2/t15-/m0/s1. The highest BCUT2D eigenvalue weighted by Gasteiger charge is 2.41. The van der Waals surface area contributed by atoms with Crippen LogP contribution in [0.25, 0.3) is 11.0 Å². The average molecular weight is 370 g/mol. The van der Waals surface area contributed by atoms with Crippen molar-refractivity contribution in [2.24, 2.45) is 0 Å². The second-order valence-corrected chi connectivity index (χ2v) is 6.32. The predicted octanol–water partition coefficient (Wildman–Crippen LogP) is 3.30. The van der Waals surface area contributed by atoms with Crippen molar-refractivity contribution < 1.29 is 9.59 Å². The van der Waals surface area contributed by atoms with E-state index < -0.39 is 6.04 Å². The monoisotopic (exact) mass is 369 g/mol. The Morgan fingerprint density at radius 3 is 2.57 bits per heavy atom. The van der Waals surface area contributed by atoms with Crippen LogP contribution >= 0.6 is 15.9 Å². The number of imide groups is 1. The molecule has 1 atom stereocenters. The molecule has 1 saturated heterocycles. The van der Waals surface area contributed by atoms with Crippen LogP contribution in [0.15, 0.2) is 59.3 Å². The molecular weight excluding hydrogens is 358 g/mol. The van der Waals surface area contributed by atoms with Gasteiger partial charge in [-0.3, -0.25) is 9.59 Å². The molecule has 2 heterocycles. The number of hydrogen-bond donors (Lipinski definition) is 0. The van der Waals surface area contributed by atoms with Crippen LogP contribution in [0.2, 0.25) is 0 Å². The van der Waals surface area contributed by atoms with Gasteiger partial charge in [0.15, 0.2) is 0 Å². The minimum Gasteiger partial charge on any atom is -0.317 e. The summed E-state index contributed by atoms with van der Waals surface area (Å²) in [5, 5.41) is 0. The molecule has 3 aromatic rings. The van der Waals surface area contributed by atoms with Crippen molar-refractivity contribution in [1.82, 2.24) is 9.55 Å². The average Bonchev–Trinajstić information content (AvgIpc) is 3.10. The molecule has 6 heteroatoms. The normalized spacial score (nSPS) is 18.1. The Morgan fingerprint density at radius 1 is 1.04 bits per heavy atom. The zero-order valence-electron chi connectivity index (χ0n) is 12.0. The third kappa shape index (κ3) is 2.26. The van der Waals surface area contributed by atoms with Gasteiger partial charge in [-0.25, -0.2) is 9.88 Å². The molecule has 1 aliphatic rings. The van der Waals surface area contributed by atoms with E-state index in [1.54, 1.807) is 23.0 Å². The van der Waals surface area contributed by atoms with Gasteiger partial charge >= 0.3 is 0 Å². The largest absolute Gasteiger partial charge is 0.317 e. The zero-order valence-corrected chi connectivity index (χ0v) is 13.6. The summed E-state index contributed by atoms with van der Waals surface area (Å²) < 4.78 is 2.69. The van der Waals surface area contributed by atoms with Gasteiger partial charge in [-0.15, -0.1) is 0 Å². The topological polar surface area (TPSA) is 55.2 Å².